The van der Waals surface area contributed by atoms with Crippen molar-refractivity contribution >= 4 is 23.1 Å². The van der Waals surface area contributed by atoms with E-state index in [9.17, 15) is 4.39 Å². The van der Waals surface area contributed by atoms with Gasteiger partial charge in [-0.25, -0.2) is 4.39 Å². The Hall–Kier alpha value is -2.05. The lowest BCUT2D eigenvalue weighted by molar-refractivity contribution is 0.278. The van der Waals surface area contributed by atoms with Crippen LogP contribution in [0.25, 0.3) is 5.70 Å². The molecule has 0 N–H and O–H groups in total. The maximum absolute atomic E-state index is 14.5. The molecule has 2 aliphatic rings. The lowest BCUT2D eigenvalue weighted by Crippen LogP contribution is -2.36. The van der Waals surface area contributed by atoms with Gasteiger partial charge in [0, 0.05) is 29.4 Å². The van der Waals surface area contributed by atoms with Gasteiger partial charge in [-0.2, -0.15) is 0 Å². The van der Waals surface area contributed by atoms with Gasteiger partial charge in [-0.05, 0) is 44.3 Å². The highest BCUT2D eigenvalue weighted by Gasteiger charge is 2.40. The molecule has 1 atom stereocenters. The molecule has 0 aliphatic carbocycles. The molecule has 0 saturated heterocycles. The highest BCUT2D eigenvalue weighted by Crippen LogP contribution is 2.50. The summed E-state index contributed by atoms with van der Waals surface area (Å²) in [6, 6.07) is 10.2. The second-order valence-electron chi connectivity index (χ2n) is 6.76. The van der Waals surface area contributed by atoms with Crippen molar-refractivity contribution in [2.75, 3.05) is 31.1 Å². The zero-order valence-electron chi connectivity index (χ0n) is 15.8. The zero-order valence-corrected chi connectivity index (χ0v) is 16.6. The molecule has 0 spiro atoms. The second-order valence-corrected chi connectivity index (χ2v) is 7.86. The maximum Gasteiger partial charge on any atom is 0.159 e. The van der Waals surface area contributed by atoms with Crippen LogP contribution < -0.4 is 4.90 Å². The first-order valence-electron chi connectivity index (χ1n) is 9.57. The van der Waals surface area contributed by atoms with Crippen LogP contribution in [0.3, 0.4) is 0 Å². The summed E-state index contributed by atoms with van der Waals surface area (Å²) in [5.41, 5.74) is 2.93. The van der Waals surface area contributed by atoms with Gasteiger partial charge in [-0.15, -0.1) is 0 Å². The van der Waals surface area contributed by atoms with E-state index in [1.165, 1.54) is 16.8 Å². The molecule has 1 aromatic carbocycles. The third-order valence-corrected chi connectivity index (χ3v) is 6.56. The van der Waals surface area contributed by atoms with Gasteiger partial charge in [0.15, 0.2) is 11.3 Å². The normalized spacial score (nSPS) is 18.1. The van der Waals surface area contributed by atoms with Gasteiger partial charge in [0.25, 0.3) is 0 Å². The summed E-state index contributed by atoms with van der Waals surface area (Å²) in [7, 11) is 0. The van der Waals surface area contributed by atoms with Gasteiger partial charge in [0.2, 0.25) is 0 Å². The van der Waals surface area contributed by atoms with Crippen LogP contribution in [0.4, 0.5) is 10.1 Å². The van der Waals surface area contributed by atoms with E-state index in [1.54, 1.807) is 12.3 Å². The van der Waals surface area contributed by atoms with Crippen LogP contribution in [0.2, 0.25) is 0 Å². The van der Waals surface area contributed by atoms with Gasteiger partial charge in [-0.1, -0.05) is 37.7 Å². The number of rotatable bonds is 7. The third kappa shape index (κ3) is 3.44. The van der Waals surface area contributed by atoms with E-state index in [-0.39, 0.29) is 11.3 Å². The molecule has 0 amide bonds. The highest BCUT2D eigenvalue weighted by molar-refractivity contribution is 8.00. The molecule has 1 unspecified atom stereocenters. The molecule has 0 bridgehead atoms. The number of fused-ring (bicyclic) bond motifs is 3. The molecule has 6 heteroatoms. The predicted octanol–water partition coefficient (Wildman–Crippen LogP) is 4.46. The van der Waals surface area contributed by atoms with Gasteiger partial charge in [0.05, 0.1) is 17.6 Å². The standard InChI is InChI=1S/C21H25FN4S/c1-3-24(4-2)12-7-13-25-19(16-10-11-23-14-17(16)22)15-26-18-8-5-6-9-20(18)27-21(25)26/h5-6,8-11,14-15,21H,3-4,7,12-13H2,1-2H3. The van der Waals surface area contributed by atoms with Crippen LogP contribution in [0.15, 0.2) is 53.8 Å². The maximum atomic E-state index is 14.5. The van der Waals surface area contributed by atoms with E-state index >= 15 is 0 Å². The van der Waals surface area contributed by atoms with Crippen LogP contribution in [0.1, 0.15) is 25.8 Å². The summed E-state index contributed by atoms with van der Waals surface area (Å²) < 4.78 is 14.5. The lowest BCUT2D eigenvalue weighted by Gasteiger charge is -2.30. The molecule has 0 fully saturated rings. The molecule has 4 nitrogen and oxygen atoms in total. The number of pyridine rings is 1. The SMILES string of the molecule is CCN(CC)CCCN1C(c2ccncc2F)=CN2c3ccccc3SC12. The summed E-state index contributed by atoms with van der Waals surface area (Å²) in [5, 5.41) is 0. The Morgan fingerprint density at radius 2 is 2.00 bits per heavy atom. The van der Waals surface area contributed by atoms with Gasteiger partial charge >= 0.3 is 0 Å². The van der Waals surface area contributed by atoms with E-state index in [4.69, 9.17) is 0 Å². The average molecular weight is 385 g/mol. The summed E-state index contributed by atoms with van der Waals surface area (Å²) in [6.45, 7) is 8.47. The number of benzene rings is 1. The Morgan fingerprint density at radius 3 is 2.78 bits per heavy atom. The number of halogens is 1. The monoisotopic (exact) mass is 384 g/mol. The van der Waals surface area contributed by atoms with Crippen molar-refractivity contribution in [1.29, 1.82) is 0 Å². The van der Waals surface area contributed by atoms with Crippen molar-refractivity contribution in [3.63, 3.8) is 0 Å². The topological polar surface area (TPSA) is 22.6 Å². The molecule has 1 aromatic heterocycles. The second kappa shape index (κ2) is 7.90. The Labute approximate surface area is 164 Å². The average Bonchev–Trinajstić information content (AvgIpc) is 3.22. The molecular weight excluding hydrogens is 359 g/mol. The van der Waals surface area contributed by atoms with Crippen molar-refractivity contribution < 1.29 is 4.39 Å². The van der Waals surface area contributed by atoms with Crippen LogP contribution in [-0.4, -0.2) is 46.5 Å². The first-order chi connectivity index (χ1) is 13.2. The fraction of sp³-hybridized carbons (Fsp3) is 0.381. The molecular formula is C21H25FN4S. The number of hydrogen-bond acceptors (Lipinski definition) is 5. The number of anilines is 1. The first kappa shape index (κ1) is 18.3. The summed E-state index contributed by atoms with van der Waals surface area (Å²) in [6.07, 6.45) is 6.11. The minimum atomic E-state index is -0.267. The Morgan fingerprint density at radius 1 is 1.19 bits per heavy atom. The fourth-order valence-corrected chi connectivity index (χ4v) is 5.09. The quantitative estimate of drug-likeness (QED) is 0.701. The Kier molecular flexibility index (Phi) is 5.36. The number of thioether (sulfide) groups is 1. The van der Waals surface area contributed by atoms with Crippen LogP contribution in [-0.2, 0) is 0 Å². The van der Waals surface area contributed by atoms with E-state index in [2.05, 4.69) is 64.0 Å². The van der Waals surface area contributed by atoms with Gasteiger partial charge < -0.3 is 14.7 Å². The molecule has 142 valence electrons. The van der Waals surface area contributed by atoms with Crippen molar-refractivity contribution in [2.45, 2.75) is 30.7 Å². The Balaban J connectivity index is 1.61. The van der Waals surface area contributed by atoms with E-state index < -0.39 is 0 Å². The van der Waals surface area contributed by atoms with Gasteiger partial charge in [-0.3, -0.25) is 4.98 Å². The van der Waals surface area contributed by atoms with E-state index in [0.29, 0.717) is 5.56 Å². The van der Waals surface area contributed by atoms with Crippen molar-refractivity contribution in [1.82, 2.24) is 14.8 Å². The Bertz CT molecular complexity index is 836. The van der Waals surface area contributed by atoms with Crippen molar-refractivity contribution in [3.8, 4) is 0 Å². The largest absolute Gasteiger partial charge is 0.340 e. The minimum absolute atomic E-state index is 0.154. The van der Waals surface area contributed by atoms with Gasteiger partial charge in [0.1, 0.15) is 0 Å². The summed E-state index contributed by atoms with van der Waals surface area (Å²) in [5.74, 6) is -0.267. The zero-order chi connectivity index (χ0) is 18.8. The van der Waals surface area contributed by atoms with Crippen LogP contribution in [0, 0.1) is 5.82 Å². The molecule has 2 aromatic rings. The van der Waals surface area contributed by atoms with Crippen molar-refractivity contribution in [2.24, 2.45) is 0 Å². The first-order valence-corrected chi connectivity index (χ1v) is 10.5. The third-order valence-electron chi connectivity index (χ3n) is 5.27. The molecule has 27 heavy (non-hydrogen) atoms. The number of para-hydroxylation sites is 1. The number of aromatic nitrogens is 1. The highest BCUT2D eigenvalue weighted by atomic mass is 32.2. The predicted molar refractivity (Wildman–Crippen MR) is 110 cm³/mol. The number of nitrogens with zero attached hydrogens (tertiary/aromatic N) is 4. The van der Waals surface area contributed by atoms with E-state index in [0.717, 1.165) is 38.3 Å². The molecule has 3 heterocycles. The van der Waals surface area contributed by atoms with E-state index in [1.807, 2.05) is 11.8 Å². The molecule has 4 rings (SSSR count). The minimum Gasteiger partial charge on any atom is -0.340 e. The summed E-state index contributed by atoms with van der Waals surface area (Å²) >= 11 is 1.84. The number of hydrogen-bond donors (Lipinski definition) is 0. The molecule has 0 radical (unpaired) electrons. The van der Waals surface area contributed by atoms with Crippen LogP contribution >= 0.6 is 11.8 Å². The fourth-order valence-electron chi connectivity index (χ4n) is 3.77. The smallest absolute Gasteiger partial charge is 0.159 e. The van der Waals surface area contributed by atoms with Crippen molar-refractivity contribution in [3.05, 3.63) is 60.3 Å². The van der Waals surface area contributed by atoms with Crippen LogP contribution in [0.5, 0.6) is 0 Å². The molecule has 2 aliphatic heterocycles. The lowest BCUT2D eigenvalue weighted by atomic mass is 10.2. The summed E-state index contributed by atoms with van der Waals surface area (Å²) in [4.78, 5) is 12.2. The molecule has 0 saturated carbocycles.